The number of aromatic nitrogens is 4. The number of sulfonamides is 1. The molecule has 3 heterocycles. The Bertz CT molecular complexity index is 909. The minimum atomic E-state index is -3.80. The third kappa shape index (κ3) is 3.46. The van der Waals surface area contributed by atoms with Crippen molar-refractivity contribution < 1.29 is 13.2 Å². The summed E-state index contributed by atoms with van der Waals surface area (Å²) in [5.74, 6) is -0.0626. The van der Waals surface area contributed by atoms with E-state index in [4.69, 9.17) is 0 Å². The summed E-state index contributed by atoms with van der Waals surface area (Å²) >= 11 is 0. The molecule has 2 fully saturated rings. The summed E-state index contributed by atoms with van der Waals surface area (Å²) in [6, 6.07) is 5.87. The highest BCUT2D eigenvalue weighted by Crippen LogP contribution is 2.28. The van der Waals surface area contributed by atoms with Gasteiger partial charge in [0.1, 0.15) is 12.4 Å². The third-order valence-corrected chi connectivity index (χ3v) is 7.10. The summed E-state index contributed by atoms with van der Waals surface area (Å²) < 4.78 is 29.5. The molecule has 144 valence electrons. The Hall–Kier alpha value is -2.33. The number of rotatable bonds is 4. The van der Waals surface area contributed by atoms with Gasteiger partial charge in [-0.3, -0.25) is 4.79 Å². The highest BCUT2D eigenvalue weighted by atomic mass is 32.2. The monoisotopic (exact) mass is 390 g/mol. The van der Waals surface area contributed by atoms with Crippen molar-refractivity contribution in [3.8, 4) is 5.69 Å². The van der Waals surface area contributed by atoms with E-state index in [-0.39, 0.29) is 10.8 Å². The fraction of sp³-hybridized carbons (Fsp3) is 0.529. The lowest BCUT2D eigenvalue weighted by Crippen LogP contribution is -2.52. The van der Waals surface area contributed by atoms with E-state index >= 15 is 0 Å². The molecule has 2 aliphatic rings. The van der Waals surface area contributed by atoms with Crippen LogP contribution in [-0.4, -0.2) is 69.4 Å². The van der Waals surface area contributed by atoms with Crippen molar-refractivity contribution in [1.29, 1.82) is 0 Å². The molecule has 0 spiro atoms. The van der Waals surface area contributed by atoms with Crippen molar-refractivity contribution in [2.45, 2.75) is 43.0 Å². The number of carbonyl (C=O) groups is 1. The van der Waals surface area contributed by atoms with Gasteiger partial charge in [0.2, 0.25) is 15.9 Å². The number of amides is 1. The molecular formula is C17H22N6O3S. The lowest BCUT2D eigenvalue weighted by Gasteiger charge is -2.35. The number of hydrogen-bond acceptors (Lipinski definition) is 6. The first-order chi connectivity index (χ1) is 13.1. The number of nitrogens with zero attached hydrogens (tertiary/aromatic N) is 6. The maximum Gasteiger partial charge on any atom is 0.243 e. The molecule has 1 atom stereocenters. The molecule has 9 nitrogen and oxygen atoms in total. The van der Waals surface area contributed by atoms with Crippen LogP contribution in [0, 0.1) is 0 Å². The van der Waals surface area contributed by atoms with Gasteiger partial charge in [0, 0.05) is 19.6 Å². The van der Waals surface area contributed by atoms with E-state index < -0.39 is 16.1 Å². The Balaban J connectivity index is 1.65. The van der Waals surface area contributed by atoms with Gasteiger partial charge in [0.05, 0.1) is 10.6 Å². The van der Waals surface area contributed by atoms with Gasteiger partial charge in [-0.15, -0.1) is 5.10 Å². The maximum atomic E-state index is 13.3. The number of carbonyl (C=O) groups excluding carboxylic acids is 1. The summed E-state index contributed by atoms with van der Waals surface area (Å²) in [4.78, 5) is 14.9. The minimum Gasteiger partial charge on any atom is -0.341 e. The molecule has 1 unspecified atom stereocenters. The van der Waals surface area contributed by atoms with Crippen molar-refractivity contribution in [3.63, 3.8) is 0 Å². The fourth-order valence-corrected chi connectivity index (χ4v) is 5.48. The van der Waals surface area contributed by atoms with Crippen LogP contribution in [-0.2, 0) is 14.8 Å². The molecule has 2 aliphatic heterocycles. The molecule has 2 aromatic rings. The summed E-state index contributed by atoms with van der Waals surface area (Å²) in [5, 5.41) is 11.0. The molecule has 1 aromatic carbocycles. The standard InChI is InChI=1S/C17H22N6O3S/c24-17(21-9-3-4-10-21)16-8-1-2-11-23(16)27(25,26)15-7-5-6-14(12-15)22-13-18-19-20-22/h5-7,12-13,16H,1-4,8-11H2. The SMILES string of the molecule is O=C(C1CCCCN1S(=O)(=O)c1cccc(-n2cnnn2)c1)N1CCCC1. The second-order valence-electron chi connectivity index (χ2n) is 6.91. The molecule has 0 bridgehead atoms. The van der Waals surface area contributed by atoms with E-state index in [0.29, 0.717) is 18.7 Å². The first-order valence-electron chi connectivity index (χ1n) is 9.21. The topological polar surface area (TPSA) is 101 Å². The van der Waals surface area contributed by atoms with Gasteiger partial charge in [0.15, 0.2) is 0 Å². The second kappa shape index (κ2) is 7.35. The molecule has 2 saturated heterocycles. The van der Waals surface area contributed by atoms with Crippen molar-refractivity contribution in [2.24, 2.45) is 0 Å². The van der Waals surface area contributed by atoms with Gasteiger partial charge in [-0.05, 0) is 54.3 Å². The summed E-state index contributed by atoms with van der Waals surface area (Å²) in [7, 11) is -3.80. The Labute approximate surface area is 158 Å². The summed E-state index contributed by atoms with van der Waals surface area (Å²) in [5.41, 5.74) is 0.556. The lowest BCUT2D eigenvalue weighted by atomic mass is 10.0. The Morgan fingerprint density at radius 3 is 2.59 bits per heavy atom. The van der Waals surface area contributed by atoms with Crippen LogP contribution in [0.1, 0.15) is 32.1 Å². The molecule has 10 heteroatoms. The van der Waals surface area contributed by atoms with Crippen LogP contribution in [0.5, 0.6) is 0 Å². The van der Waals surface area contributed by atoms with Crippen LogP contribution >= 0.6 is 0 Å². The zero-order valence-electron chi connectivity index (χ0n) is 14.9. The molecular weight excluding hydrogens is 368 g/mol. The van der Waals surface area contributed by atoms with E-state index in [2.05, 4.69) is 15.5 Å². The average molecular weight is 390 g/mol. The van der Waals surface area contributed by atoms with Crippen LogP contribution in [0.15, 0.2) is 35.5 Å². The Kier molecular flexibility index (Phi) is 4.92. The predicted octanol–water partition coefficient (Wildman–Crippen LogP) is 0.828. The molecule has 0 radical (unpaired) electrons. The number of piperidine rings is 1. The van der Waals surface area contributed by atoms with Crippen molar-refractivity contribution in [1.82, 2.24) is 29.4 Å². The molecule has 0 aliphatic carbocycles. The largest absolute Gasteiger partial charge is 0.341 e. The van der Waals surface area contributed by atoms with Crippen molar-refractivity contribution in [2.75, 3.05) is 19.6 Å². The van der Waals surface area contributed by atoms with E-state index in [1.165, 1.54) is 21.4 Å². The smallest absolute Gasteiger partial charge is 0.243 e. The molecule has 0 saturated carbocycles. The number of benzene rings is 1. The van der Waals surface area contributed by atoms with E-state index in [9.17, 15) is 13.2 Å². The number of likely N-dealkylation sites (tertiary alicyclic amines) is 1. The third-order valence-electron chi connectivity index (χ3n) is 5.19. The molecule has 0 N–H and O–H groups in total. The fourth-order valence-electron chi connectivity index (χ4n) is 3.79. The van der Waals surface area contributed by atoms with Gasteiger partial charge in [-0.2, -0.15) is 4.31 Å². The Morgan fingerprint density at radius 1 is 1.07 bits per heavy atom. The van der Waals surface area contributed by atoms with Gasteiger partial charge in [-0.25, -0.2) is 13.1 Å². The van der Waals surface area contributed by atoms with Crippen LogP contribution in [0.3, 0.4) is 0 Å². The number of tetrazole rings is 1. The minimum absolute atomic E-state index is 0.0626. The van der Waals surface area contributed by atoms with Crippen LogP contribution in [0.25, 0.3) is 5.69 Å². The van der Waals surface area contributed by atoms with E-state index in [1.54, 1.807) is 23.1 Å². The zero-order valence-corrected chi connectivity index (χ0v) is 15.8. The highest BCUT2D eigenvalue weighted by molar-refractivity contribution is 7.89. The van der Waals surface area contributed by atoms with E-state index in [0.717, 1.165) is 38.8 Å². The average Bonchev–Trinajstić information content (AvgIpc) is 3.41. The quantitative estimate of drug-likeness (QED) is 0.766. The van der Waals surface area contributed by atoms with Gasteiger partial charge in [0.25, 0.3) is 0 Å². The first kappa shape index (κ1) is 18.1. The molecule has 1 aromatic heterocycles. The normalized spacial score (nSPS) is 21.5. The number of hydrogen-bond donors (Lipinski definition) is 0. The lowest BCUT2D eigenvalue weighted by molar-refractivity contribution is -0.135. The van der Waals surface area contributed by atoms with Crippen LogP contribution in [0.4, 0.5) is 0 Å². The van der Waals surface area contributed by atoms with Crippen LogP contribution in [0.2, 0.25) is 0 Å². The van der Waals surface area contributed by atoms with Gasteiger partial charge >= 0.3 is 0 Å². The van der Waals surface area contributed by atoms with Crippen molar-refractivity contribution in [3.05, 3.63) is 30.6 Å². The van der Waals surface area contributed by atoms with Gasteiger partial charge in [-0.1, -0.05) is 12.5 Å². The Morgan fingerprint density at radius 2 is 1.85 bits per heavy atom. The first-order valence-corrected chi connectivity index (χ1v) is 10.7. The second-order valence-corrected chi connectivity index (χ2v) is 8.80. The summed E-state index contributed by atoms with van der Waals surface area (Å²) in [6.45, 7) is 1.80. The zero-order chi connectivity index (χ0) is 18.9. The van der Waals surface area contributed by atoms with Crippen molar-refractivity contribution >= 4 is 15.9 Å². The highest BCUT2D eigenvalue weighted by Gasteiger charge is 2.39. The molecule has 4 rings (SSSR count). The molecule has 27 heavy (non-hydrogen) atoms. The maximum absolute atomic E-state index is 13.3. The molecule has 1 amide bonds. The van der Waals surface area contributed by atoms with Gasteiger partial charge < -0.3 is 4.90 Å². The summed E-state index contributed by atoms with van der Waals surface area (Å²) in [6.07, 6.45) is 5.57. The van der Waals surface area contributed by atoms with E-state index in [1.807, 2.05) is 0 Å². The van der Waals surface area contributed by atoms with Crippen LogP contribution < -0.4 is 0 Å². The predicted molar refractivity (Wildman–Crippen MR) is 96.5 cm³/mol.